The van der Waals surface area contributed by atoms with E-state index in [1.54, 1.807) is 6.92 Å². The number of carbonyl (C=O) groups excluding carboxylic acids is 1. The molecule has 2 atom stereocenters. The molecule has 0 unspecified atom stereocenters. The molecule has 1 saturated heterocycles. The van der Waals surface area contributed by atoms with Crippen LogP contribution >= 0.6 is 11.8 Å². The highest BCUT2D eigenvalue weighted by Gasteiger charge is 2.30. The Balaban J connectivity index is 1.58. The van der Waals surface area contributed by atoms with Crippen molar-refractivity contribution in [2.75, 3.05) is 11.5 Å². The van der Waals surface area contributed by atoms with Gasteiger partial charge in [-0.15, -0.1) is 10.2 Å². The van der Waals surface area contributed by atoms with Crippen LogP contribution < -0.4 is 5.32 Å². The van der Waals surface area contributed by atoms with Gasteiger partial charge in [0.15, 0.2) is 9.84 Å². The molecule has 9 heteroatoms. The summed E-state index contributed by atoms with van der Waals surface area (Å²) in [6, 6.07) is 9.05. The Hall–Kier alpha value is -1.87. The molecule has 2 aromatic rings. The second kappa shape index (κ2) is 6.94. The summed E-state index contributed by atoms with van der Waals surface area (Å²) >= 11 is 1.15. The number of hydrogen-bond acceptors (Lipinski definition) is 7. The van der Waals surface area contributed by atoms with Crippen molar-refractivity contribution in [3.05, 3.63) is 30.3 Å². The molecular weight excluding hydrogens is 350 g/mol. The van der Waals surface area contributed by atoms with Crippen LogP contribution in [0.1, 0.15) is 13.3 Å². The van der Waals surface area contributed by atoms with Crippen LogP contribution in [0.3, 0.4) is 0 Å². The predicted molar refractivity (Wildman–Crippen MR) is 90.3 cm³/mol. The van der Waals surface area contributed by atoms with Crippen molar-refractivity contribution >= 4 is 27.5 Å². The molecule has 1 aromatic heterocycles. The first-order chi connectivity index (χ1) is 11.4. The molecule has 3 rings (SSSR count). The van der Waals surface area contributed by atoms with Gasteiger partial charge in [-0.2, -0.15) is 0 Å². The summed E-state index contributed by atoms with van der Waals surface area (Å²) in [4.78, 5) is 12.2. The van der Waals surface area contributed by atoms with Crippen molar-refractivity contribution in [3.8, 4) is 11.5 Å². The van der Waals surface area contributed by atoms with Gasteiger partial charge in [0, 0.05) is 11.6 Å². The van der Waals surface area contributed by atoms with Crippen LogP contribution in [0.25, 0.3) is 11.5 Å². The summed E-state index contributed by atoms with van der Waals surface area (Å²) in [5.74, 6) is 0.299. The Labute approximate surface area is 144 Å². The Morgan fingerprint density at radius 1 is 1.33 bits per heavy atom. The maximum Gasteiger partial charge on any atom is 0.277 e. The molecule has 1 N–H and O–H groups in total. The van der Waals surface area contributed by atoms with E-state index in [4.69, 9.17) is 4.42 Å². The molecule has 0 spiro atoms. The molecule has 128 valence electrons. The normalized spacial score (nSPS) is 20.6. The van der Waals surface area contributed by atoms with Crippen molar-refractivity contribution in [3.63, 3.8) is 0 Å². The highest BCUT2D eigenvalue weighted by molar-refractivity contribution is 8.00. The lowest BCUT2D eigenvalue weighted by molar-refractivity contribution is -0.120. The third-order valence-corrected chi connectivity index (χ3v) is 6.36. The van der Waals surface area contributed by atoms with Crippen molar-refractivity contribution < 1.29 is 17.6 Å². The third-order valence-electron chi connectivity index (χ3n) is 3.65. The number of amides is 1. The Kier molecular flexibility index (Phi) is 4.91. The number of rotatable bonds is 5. The van der Waals surface area contributed by atoms with Gasteiger partial charge in [-0.1, -0.05) is 30.0 Å². The quantitative estimate of drug-likeness (QED) is 0.799. The lowest BCUT2D eigenvalue weighted by Gasteiger charge is -2.14. The van der Waals surface area contributed by atoms with E-state index in [1.165, 1.54) is 0 Å². The van der Waals surface area contributed by atoms with Crippen molar-refractivity contribution in [2.45, 2.75) is 29.9 Å². The summed E-state index contributed by atoms with van der Waals surface area (Å²) in [7, 11) is -3.02. The van der Waals surface area contributed by atoms with Gasteiger partial charge in [0.1, 0.15) is 0 Å². The molecule has 1 aromatic carbocycles. The van der Waals surface area contributed by atoms with Gasteiger partial charge in [0.2, 0.25) is 11.8 Å². The van der Waals surface area contributed by atoms with E-state index in [1.807, 2.05) is 30.3 Å². The number of nitrogens with zero attached hydrogens (tertiary/aromatic N) is 2. The monoisotopic (exact) mass is 367 g/mol. The molecule has 1 aliphatic rings. The average Bonchev–Trinajstić information content (AvgIpc) is 3.14. The fourth-order valence-electron chi connectivity index (χ4n) is 2.39. The zero-order chi connectivity index (χ0) is 17.2. The molecule has 2 heterocycles. The number of aromatic nitrogens is 2. The first kappa shape index (κ1) is 17.0. The minimum absolute atomic E-state index is 0.00877. The number of hydrogen-bond donors (Lipinski definition) is 1. The van der Waals surface area contributed by atoms with Crippen LogP contribution in [0.2, 0.25) is 0 Å². The van der Waals surface area contributed by atoms with Gasteiger partial charge >= 0.3 is 0 Å². The number of thioether (sulfide) groups is 1. The zero-order valence-electron chi connectivity index (χ0n) is 13.0. The molecule has 0 bridgehead atoms. The average molecular weight is 367 g/mol. The highest BCUT2D eigenvalue weighted by atomic mass is 32.2. The minimum Gasteiger partial charge on any atom is -0.411 e. The van der Waals surface area contributed by atoms with Crippen LogP contribution in [-0.4, -0.2) is 47.3 Å². The van der Waals surface area contributed by atoms with Gasteiger partial charge in [0.05, 0.1) is 16.8 Å². The van der Waals surface area contributed by atoms with Gasteiger partial charge in [-0.3, -0.25) is 4.79 Å². The molecule has 1 fully saturated rings. The Morgan fingerprint density at radius 2 is 2.08 bits per heavy atom. The SMILES string of the molecule is C[C@@H](Sc1nnc(-c2ccccc2)o1)C(=O)N[C@@H]1CCS(=O)(=O)C1. The van der Waals surface area contributed by atoms with E-state index in [0.29, 0.717) is 17.5 Å². The van der Waals surface area contributed by atoms with Crippen LogP contribution in [-0.2, 0) is 14.6 Å². The number of nitrogens with one attached hydrogen (secondary N) is 1. The smallest absolute Gasteiger partial charge is 0.277 e. The Morgan fingerprint density at radius 3 is 2.75 bits per heavy atom. The maximum atomic E-state index is 12.2. The third kappa shape index (κ3) is 4.15. The first-order valence-electron chi connectivity index (χ1n) is 7.49. The Bertz CT molecular complexity index is 820. The summed E-state index contributed by atoms with van der Waals surface area (Å²) in [5, 5.41) is 10.5. The van der Waals surface area contributed by atoms with Gasteiger partial charge in [-0.25, -0.2) is 8.42 Å². The lowest BCUT2D eigenvalue weighted by Crippen LogP contribution is -2.39. The molecule has 0 aliphatic carbocycles. The maximum absolute atomic E-state index is 12.2. The second-order valence-corrected chi connectivity index (χ2v) is 9.13. The topological polar surface area (TPSA) is 102 Å². The summed E-state index contributed by atoms with van der Waals surface area (Å²) in [5.41, 5.74) is 0.810. The van der Waals surface area contributed by atoms with Crippen molar-refractivity contribution in [1.29, 1.82) is 0 Å². The summed E-state index contributed by atoms with van der Waals surface area (Å²) in [6.45, 7) is 1.72. The van der Waals surface area contributed by atoms with E-state index < -0.39 is 15.1 Å². The van der Waals surface area contributed by atoms with Gasteiger partial charge < -0.3 is 9.73 Å². The summed E-state index contributed by atoms with van der Waals surface area (Å²) in [6.07, 6.45) is 0.462. The first-order valence-corrected chi connectivity index (χ1v) is 10.2. The fraction of sp³-hybridized carbons (Fsp3) is 0.400. The molecule has 0 saturated carbocycles. The van der Waals surface area contributed by atoms with E-state index in [0.717, 1.165) is 17.3 Å². The van der Waals surface area contributed by atoms with E-state index >= 15 is 0 Å². The van der Waals surface area contributed by atoms with Crippen LogP contribution in [0.5, 0.6) is 0 Å². The van der Waals surface area contributed by atoms with E-state index in [-0.39, 0.29) is 23.5 Å². The standard InChI is InChI=1S/C15H17N3O4S2/c1-10(13(19)16-12-7-8-24(20,21)9-12)23-15-18-17-14(22-15)11-5-3-2-4-6-11/h2-6,10,12H,7-9H2,1H3,(H,16,19)/t10-,12-/m1/s1. The van der Waals surface area contributed by atoms with E-state index in [2.05, 4.69) is 15.5 Å². The van der Waals surface area contributed by atoms with Crippen LogP contribution in [0.4, 0.5) is 0 Å². The van der Waals surface area contributed by atoms with Crippen LogP contribution in [0.15, 0.2) is 40.0 Å². The molecule has 7 nitrogen and oxygen atoms in total. The number of benzene rings is 1. The molecule has 1 amide bonds. The van der Waals surface area contributed by atoms with E-state index in [9.17, 15) is 13.2 Å². The number of sulfone groups is 1. The predicted octanol–water partition coefficient (Wildman–Crippen LogP) is 1.52. The van der Waals surface area contributed by atoms with Crippen molar-refractivity contribution in [2.24, 2.45) is 0 Å². The van der Waals surface area contributed by atoms with Crippen molar-refractivity contribution in [1.82, 2.24) is 15.5 Å². The minimum atomic E-state index is -3.02. The van der Waals surface area contributed by atoms with Gasteiger partial charge in [0.25, 0.3) is 5.22 Å². The molecule has 0 radical (unpaired) electrons. The largest absolute Gasteiger partial charge is 0.411 e. The molecule has 24 heavy (non-hydrogen) atoms. The highest BCUT2D eigenvalue weighted by Crippen LogP contribution is 2.26. The lowest BCUT2D eigenvalue weighted by atomic mass is 10.2. The van der Waals surface area contributed by atoms with Crippen LogP contribution in [0, 0.1) is 0 Å². The fourth-order valence-corrected chi connectivity index (χ4v) is 4.75. The molecule has 1 aliphatic heterocycles. The zero-order valence-corrected chi connectivity index (χ0v) is 14.6. The second-order valence-electron chi connectivity index (χ2n) is 5.61. The number of carbonyl (C=O) groups is 1. The summed E-state index contributed by atoms with van der Waals surface area (Å²) < 4.78 is 28.4. The van der Waals surface area contributed by atoms with Gasteiger partial charge in [-0.05, 0) is 25.5 Å². The molecular formula is C15H17N3O4S2.